The van der Waals surface area contributed by atoms with Crippen LogP contribution in [0.15, 0.2) is 46.9 Å². The van der Waals surface area contributed by atoms with Crippen LogP contribution in [0.1, 0.15) is 17.2 Å². The molecule has 1 atom stereocenters. The largest absolute Gasteiger partial charge is 0.496 e. The molecule has 0 saturated heterocycles. The van der Waals surface area contributed by atoms with Crippen molar-refractivity contribution in [1.29, 1.82) is 0 Å². The highest BCUT2D eigenvalue weighted by atomic mass is 79.9. The first-order chi connectivity index (χ1) is 8.63. The number of nitrogens with two attached hydrogens (primary N) is 1. The molecule has 0 aliphatic rings. The quantitative estimate of drug-likeness (QED) is 0.939. The lowest BCUT2D eigenvalue weighted by Crippen LogP contribution is -2.13. The van der Waals surface area contributed by atoms with Crippen molar-refractivity contribution in [2.24, 2.45) is 5.73 Å². The van der Waals surface area contributed by atoms with Gasteiger partial charge in [0.05, 0.1) is 13.2 Å². The summed E-state index contributed by atoms with van der Waals surface area (Å²) in [6, 6.07) is 11.7. The fourth-order valence-corrected chi connectivity index (χ4v) is 2.44. The number of methoxy groups -OCH3 is 1. The molecule has 1 unspecified atom stereocenters. The Bertz CT molecular complexity index is 559. The van der Waals surface area contributed by atoms with E-state index in [4.69, 9.17) is 10.5 Å². The number of hydrogen-bond acceptors (Lipinski definition) is 2. The molecular weight excluding hydrogens is 297 g/mol. The molecule has 2 N–H and O–H groups in total. The zero-order chi connectivity index (χ0) is 13.1. The van der Waals surface area contributed by atoms with Crippen molar-refractivity contribution < 1.29 is 9.13 Å². The van der Waals surface area contributed by atoms with E-state index in [1.165, 1.54) is 12.1 Å². The molecule has 0 aliphatic carbocycles. The molecule has 0 radical (unpaired) electrons. The van der Waals surface area contributed by atoms with Crippen molar-refractivity contribution in [2.45, 2.75) is 6.04 Å². The third-order valence-corrected chi connectivity index (χ3v) is 3.46. The second-order valence-electron chi connectivity index (χ2n) is 3.89. The zero-order valence-corrected chi connectivity index (χ0v) is 11.4. The first-order valence-corrected chi connectivity index (χ1v) is 6.26. The third-order valence-electron chi connectivity index (χ3n) is 2.77. The summed E-state index contributed by atoms with van der Waals surface area (Å²) in [7, 11) is 1.60. The van der Waals surface area contributed by atoms with Gasteiger partial charge in [-0.25, -0.2) is 4.39 Å². The first kappa shape index (κ1) is 13.1. The van der Waals surface area contributed by atoms with Crippen LogP contribution in [0.2, 0.25) is 0 Å². The molecular formula is C14H13BrFNO. The molecule has 4 heteroatoms. The molecule has 0 heterocycles. The second kappa shape index (κ2) is 5.50. The van der Waals surface area contributed by atoms with Crippen molar-refractivity contribution in [1.82, 2.24) is 0 Å². The van der Waals surface area contributed by atoms with Gasteiger partial charge in [-0.3, -0.25) is 0 Å². The van der Waals surface area contributed by atoms with Crippen LogP contribution in [0.25, 0.3) is 0 Å². The third kappa shape index (κ3) is 2.54. The molecule has 0 bridgehead atoms. The van der Waals surface area contributed by atoms with Gasteiger partial charge in [-0.2, -0.15) is 0 Å². The summed E-state index contributed by atoms with van der Waals surface area (Å²) in [5.41, 5.74) is 7.90. The lowest BCUT2D eigenvalue weighted by atomic mass is 9.99. The van der Waals surface area contributed by atoms with E-state index in [1.807, 2.05) is 24.3 Å². The zero-order valence-electron chi connectivity index (χ0n) is 9.86. The maximum atomic E-state index is 13.1. The topological polar surface area (TPSA) is 35.2 Å². The Kier molecular flexibility index (Phi) is 3.99. The number of ether oxygens (including phenoxy) is 1. The Morgan fingerprint density at radius 2 is 1.89 bits per heavy atom. The summed E-state index contributed by atoms with van der Waals surface area (Å²) < 4.78 is 19.0. The van der Waals surface area contributed by atoms with Gasteiger partial charge < -0.3 is 10.5 Å². The molecule has 94 valence electrons. The number of rotatable bonds is 3. The molecule has 0 aromatic heterocycles. The van der Waals surface area contributed by atoms with Gasteiger partial charge in [0.15, 0.2) is 0 Å². The SMILES string of the molecule is COc1ccccc1C(N)c1ccc(F)cc1Br. The van der Waals surface area contributed by atoms with Crippen molar-refractivity contribution in [3.05, 3.63) is 63.9 Å². The fourth-order valence-electron chi connectivity index (χ4n) is 1.84. The van der Waals surface area contributed by atoms with Crippen LogP contribution in [0, 0.1) is 5.82 Å². The van der Waals surface area contributed by atoms with Crippen LogP contribution < -0.4 is 10.5 Å². The van der Waals surface area contributed by atoms with E-state index in [0.717, 1.165) is 16.9 Å². The predicted octanol–water partition coefficient (Wildman–Crippen LogP) is 3.64. The first-order valence-electron chi connectivity index (χ1n) is 5.47. The normalized spacial score (nSPS) is 12.2. The maximum Gasteiger partial charge on any atom is 0.124 e. The average molecular weight is 310 g/mol. The molecule has 2 nitrogen and oxygen atoms in total. The Balaban J connectivity index is 2.44. The van der Waals surface area contributed by atoms with Crippen molar-refractivity contribution >= 4 is 15.9 Å². The molecule has 2 aromatic rings. The minimum absolute atomic E-state index is 0.294. The molecule has 0 spiro atoms. The van der Waals surface area contributed by atoms with Crippen LogP contribution in [0.5, 0.6) is 5.75 Å². The Morgan fingerprint density at radius 3 is 2.56 bits per heavy atom. The number of halogens is 2. The van der Waals surface area contributed by atoms with Gasteiger partial charge in [0, 0.05) is 10.0 Å². The molecule has 0 aliphatic heterocycles. The van der Waals surface area contributed by atoms with Crippen LogP contribution in [0.4, 0.5) is 4.39 Å². The number of hydrogen-bond donors (Lipinski definition) is 1. The molecule has 2 aromatic carbocycles. The minimum atomic E-state index is -0.365. The monoisotopic (exact) mass is 309 g/mol. The van der Waals surface area contributed by atoms with Gasteiger partial charge in [0.25, 0.3) is 0 Å². The Hall–Kier alpha value is -1.39. The van der Waals surface area contributed by atoms with Gasteiger partial charge in [0.1, 0.15) is 11.6 Å². The minimum Gasteiger partial charge on any atom is -0.496 e. The van der Waals surface area contributed by atoms with Gasteiger partial charge in [-0.15, -0.1) is 0 Å². The van der Waals surface area contributed by atoms with E-state index in [0.29, 0.717) is 4.47 Å². The standard InChI is InChI=1S/C14H13BrFNO/c1-18-13-5-3-2-4-11(13)14(17)10-7-6-9(16)8-12(10)15/h2-8,14H,17H2,1H3. The van der Waals surface area contributed by atoms with E-state index in [-0.39, 0.29) is 11.9 Å². The molecule has 0 fully saturated rings. The van der Waals surface area contributed by atoms with E-state index in [2.05, 4.69) is 15.9 Å². The van der Waals surface area contributed by atoms with Crippen LogP contribution in [0.3, 0.4) is 0 Å². The summed E-state index contributed by atoms with van der Waals surface area (Å²) in [5.74, 6) is 0.430. The summed E-state index contributed by atoms with van der Waals surface area (Å²) >= 11 is 3.33. The van der Waals surface area contributed by atoms with Gasteiger partial charge in [0.2, 0.25) is 0 Å². The van der Waals surface area contributed by atoms with Gasteiger partial charge in [-0.05, 0) is 23.8 Å². The summed E-state index contributed by atoms with van der Waals surface area (Å²) in [6.07, 6.45) is 0. The van der Waals surface area contributed by atoms with E-state index in [1.54, 1.807) is 13.2 Å². The molecule has 0 amide bonds. The highest BCUT2D eigenvalue weighted by Crippen LogP contribution is 2.32. The van der Waals surface area contributed by atoms with Gasteiger partial charge in [-0.1, -0.05) is 40.2 Å². The lowest BCUT2D eigenvalue weighted by molar-refractivity contribution is 0.408. The van der Waals surface area contributed by atoms with Crippen molar-refractivity contribution in [2.75, 3.05) is 7.11 Å². The highest BCUT2D eigenvalue weighted by Gasteiger charge is 2.16. The van der Waals surface area contributed by atoms with Gasteiger partial charge >= 0.3 is 0 Å². The second-order valence-corrected chi connectivity index (χ2v) is 4.74. The van der Waals surface area contributed by atoms with E-state index in [9.17, 15) is 4.39 Å². The van der Waals surface area contributed by atoms with Crippen LogP contribution in [-0.2, 0) is 0 Å². The van der Waals surface area contributed by atoms with Crippen LogP contribution in [-0.4, -0.2) is 7.11 Å². The lowest BCUT2D eigenvalue weighted by Gasteiger charge is -2.17. The summed E-state index contributed by atoms with van der Waals surface area (Å²) in [4.78, 5) is 0. The molecule has 2 rings (SSSR count). The molecule has 18 heavy (non-hydrogen) atoms. The smallest absolute Gasteiger partial charge is 0.124 e. The Labute approximate surface area is 114 Å². The average Bonchev–Trinajstić information content (AvgIpc) is 2.38. The highest BCUT2D eigenvalue weighted by molar-refractivity contribution is 9.10. The summed E-state index contributed by atoms with van der Waals surface area (Å²) in [5, 5.41) is 0. The van der Waals surface area contributed by atoms with Crippen molar-refractivity contribution in [3.63, 3.8) is 0 Å². The molecule has 0 saturated carbocycles. The summed E-state index contributed by atoms with van der Waals surface area (Å²) in [6.45, 7) is 0. The Morgan fingerprint density at radius 1 is 1.17 bits per heavy atom. The maximum absolute atomic E-state index is 13.1. The number of para-hydroxylation sites is 1. The van der Waals surface area contributed by atoms with E-state index >= 15 is 0 Å². The van der Waals surface area contributed by atoms with E-state index < -0.39 is 0 Å². The van der Waals surface area contributed by atoms with Crippen molar-refractivity contribution in [3.8, 4) is 5.75 Å². The van der Waals surface area contributed by atoms with Crippen LogP contribution >= 0.6 is 15.9 Å². The fraction of sp³-hybridized carbons (Fsp3) is 0.143. The predicted molar refractivity (Wildman–Crippen MR) is 73.1 cm³/mol. The number of benzene rings is 2.